The highest BCUT2D eigenvalue weighted by Gasteiger charge is 2.11. The number of rotatable bonds is 4. The first kappa shape index (κ1) is 16.4. The Morgan fingerprint density at radius 2 is 1.78 bits per heavy atom. The lowest BCUT2D eigenvalue weighted by atomic mass is 10.1. The predicted molar refractivity (Wildman–Crippen MR) is 89.5 cm³/mol. The van der Waals surface area contributed by atoms with Crippen molar-refractivity contribution in [3.63, 3.8) is 0 Å². The number of benzene rings is 2. The van der Waals surface area contributed by atoms with Crippen LogP contribution in [0.15, 0.2) is 58.6 Å². The number of anilines is 1. The summed E-state index contributed by atoms with van der Waals surface area (Å²) in [6.45, 7) is 0. The van der Waals surface area contributed by atoms with Gasteiger partial charge in [0.1, 0.15) is 11.6 Å². The summed E-state index contributed by atoms with van der Waals surface area (Å²) in [5.74, 6) is -0.579. The Hall–Kier alpha value is -2.98. The van der Waals surface area contributed by atoms with Gasteiger partial charge in [0.05, 0.1) is 4.92 Å². The number of non-ortho nitro benzene ring substituents is 1. The van der Waals surface area contributed by atoms with Crippen molar-refractivity contribution in [3.8, 4) is 6.07 Å². The molecule has 23 heavy (non-hydrogen) atoms. The quantitative estimate of drug-likeness (QED) is 0.381. The molecule has 114 valence electrons. The molecule has 0 atom stereocenters. The van der Waals surface area contributed by atoms with Gasteiger partial charge >= 0.3 is 0 Å². The molecule has 0 radical (unpaired) electrons. The zero-order valence-electron chi connectivity index (χ0n) is 11.7. The van der Waals surface area contributed by atoms with Crippen LogP contribution in [0.1, 0.15) is 5.56 Å². The third kappa shape index (κ3) is 4.49. The van der Waals surface area contributed by atoms with Crippen molar-refractivity contribution in [3.05, 3.63) is 74.3 Å². The highest BCUT2D eigenvalue weighted by Crippen LogP contribution is 2.17. The molecule has 0 heterocycles. The average molecular weight is 372 g/mol. The lowest BCUT2D eigenvalue weighted by Gasteiger charge is -2.04. The summed E-state index contributed by atoms with van der Waals surface area (Å²) in [4.78, 5) is 22.1. The van der Waals surface area contributed by atoms with Gasteiger partial charge in [0.15, 0.2) is 0 Å². The van der Waals surface area contributed by atoms with E-state index in [0.29, 0.717) is 11.3 Å². The molecule has 0 fully saturated rings. The summed E-state index contributed by atoms with van der Waals surface area (Å²) < 4.78 is 0.892. The molecule has 0 aromatic heterocycles. The molecule has 0 aliphatic carbocycles. The van der Waals surface area contributed by atoms with Gasteiger partial charge < -0.3 is 5.32 Å². The Kier molecular flexibility index (Phi) is 5.23. The van der Waals surface area contributed by atoms with E-state index in [0.717, 1.165) is 4.47 Å². The normalized spacial score (nSPS) is 10.7. The zero-order valence-corrected chi connectivity index (χ0v) is 13.3. The fourth-order valence-electron chi connectivity index (χ4n) is 1.74. The summed E-state index contributed by atoms with van der Waals surface area (Å²) in [6, 6.07) is 14.3. The molecule has 0 spiro atoms. The van der Waals surface area contributed by atoms with Gasteiger partial charge in [0.2, 0.25) is 0 Å². The van der Waals surface area contributed by atoms with Gasteiger partial charge in [0.25, 0.3) is 11.6 Å². The summed E-state index contributed by atoms with van der Waals surface area (Å²) in [5.41, 5.74) is 0.945. The second-order valence-corrected chi connectivity index (χ2v) is 5.40. The number of carbonyl (C=O) groups is 1. The minimum Gasteiger partial charge on any atom is -0.321 e. The molecular formula is C16H10BrN3O3. The highest BCUT2D eigenvalue weighted by molar-refractivity contribution is 9.10. The number of carbonyl (C=O) groups excluding carboxylic acids is 1. The van der Waals surface area contributed by atoms with E-state index in [9.17, 15) is 14.9 Å². The van der Waals surface area contributed by atoms with E-state index in [1.54, 1.807) is 24.3 Å². The maximum atomic E-state index is 12.1. The Labute approximate surface area is 140 Å². The minimum absolute atomic E-state index is 0.0642. The molecule has 2 rings (SSSR count). The molecule has 0 saturated carbocycles. The van der Waals surface area contributed by atoms with Gasteiger partial charge in [-0.05, 0) is 35.9 Å². The summed E-state index contributed by atoms with van der Waals surface area (Å²) in [7, 11) is 0. The summed E-state index contributed by atoms with van der Waals surface area (Å²) in [5, 5.41) is 22.2. The third-order valence-electron chi connectivity index (χ3n) is 2.88. The van der Waals surface area contributed by atoms with E-state index >= 15 is 0 Å². The second-order valence-electron chi connectivity index (χ2n) is 4.48. The minimum atomic E-state index is -0.579. The molecule has 0 aliphatic rings. The Morgan fingerprint density at radius 1 is 1.17 bits per heavy atom. The molecule has 2 aromatic rings. The van der Waals surface area contributed by atoms with Crippen LogP contribution in [0.3, 0.4) is 0 Å². The molecular weight excluding hydrogens is 362 g/mol. The number of hydrogen-bond donors (Lipinski definition) is 1. The Bertz CT molecular complexity index is 806. The van der Waals surface area contributed by atoms with Crippen LogP contribution in [0.25, 0.3) is 6.08 Å². The maximum Gasteiger partial charge on any atom is 0.269 e. The van der Waals surface area contributed by atoms with Crippen LogP contribution in [-0.2, 0) is 4.79 Å². The van der Waals surface area contributed by atoms with Gasteiger partial charge in [-0.3, -0.25) is 14.9 Å². The van der Waals surface area contributed by atoms with Crippen molar-refractivity contribution in [2.45, 2.75) is 0 Å². The van der Waals surface area contributed by atoms with Crippen LogP contribution < -0.4 is 5.32 Å². The van der Waals surface area contributed by atoms with Gasteiger partial charge in [-0.25, -0.2) is 0 Å². The van der Waals surface area contributed by atoms with Crippen LogP contribution in [0.5, 0.6) is 0 Å². The SMILES string of the molecule is N#CC(=Cc1ccc(Br)cc1)C(=O)Nc1ccc([N+](=O)[O-])cc1. The molecule has 0 aliphatic heterocycles. The number of hydrogen-bond acceptors (Lipinski definition) is 4. The smallest absolute Gasteiger partial charge is 0.269 e. The molecule has 0 saturated heterocycles. The predicted octanol–water partition coefficient (Wildman–Crippen LogP) is 3.90. The van der Waals surface area contributed by atoms with Crippen molar-refractivity contribution in [1.82, 2.24) is 0 Å². The van der Waals surface area contributed by atoms with Gasteiger partial charge in [-0.15, -0.1) is 0 Å². The fourth-order valence-corrected chi connectivity index (χ4v) is 2.00. The number of nitro groups is 1. The lowest BCUT2D eigenvalue weighted by molar-refractivity contribution is -0.384. The fraction of sp³-hybridized carbons (Fsp3) is 0. The van der Waals surface area contributed by atoms with Crippen molar-refractivity contribution in [2.24, 2.45) is 0 Å². The largest absolute Gasteiger partial charge is 0.321 e. The number of nitrogens with one attached hydrogen (secondary N) is 1. The first-order valence-corrected chi connectivity index (χ1v) is 7.22. The Morgan fingerprint density at radius 3 is 2.30 bits per heavy atom. The van der Waals surface area contributed by atoms with Crippen molar-refractivity contribution >= 4 is 39.3 Å². The van der Waals surface area contributed by atoms with E-state index in [1.807, 2.05) is 6.07 Å². The van der Waals surface area contributed by atoms with E-state index in [4.69, 9.17) is 5.26 Å². The number of nitro benzene ring substituents is 1. The molecule has 1 amide bonds. The second kappa shape index (κ2) is 7.33. The average Bonchev–Trinajstić information content (AvgIpc) is 2.54. The van der Waals surface area contributed by atoms with Crippen molar-refractivity contribution in [1.29, 1.82) is 5.26 Å². The molecule has 0 unspecified atom stereocenters. The van der Waals surface area contributed by atoms with Gasteiger partial charge in [-0.2, -0.15) is 5.26 Å². The number of amides is 1. The molecule has 6 nitrogen and oxygen atoms in total. The first-order valence-electron chi connectivity index (χ1n) is 6.43. The monoisotopic (exact) mass is 371 g/mol. The standard InChI is InChI=1S/C16H10BrN3O3/c17-13-3-1-11(2-4-13)9-12(10-18)16(21)19-14-5-7-15(8-6-14)20(22)23/h1-9H,(H,19,21). The van der Waals surface area contributed by atoms with Gasteiger partial charge in [0, 0.05) is 22.3 Å². The highest BCUT2D eigenvalue weighted by atomic mass is 79.9. The summed E-state index contributed by atoms with van der Waals surface area (Å²) >= 11 is 3.30. The maximum absolute atomic E-state index is 12.1. The van der Waals surface area contributed by atoms with E-state index in [2.05, 4.69) is 21.2 Å². The number of nitriles is 1. The molecule has 7 heteroatoms. The molecule has 0 bridgehead atoms. The van der Waals surface area contributed by atoms with E-state index < -0.39 is 10.8 Å². The lowest BCUT2D eigenvalue weighted by Crippen LogP contribution is -2.13. The topological polar surface area (TPSA) is 96.0 Å². The van der Waals surface area contributed by atoms with Crippen LogP contribution in [0, 0.1) is 21.4 Å². The first-order chi connectivity index (χ1) is 11.0. The zero-order chi connectivity index (χ0) is 16.8. The van der Waals surface area contributed by atoms with Crippen LogP contribution in [0.2, 0.25) is 0 Å². The summed E-state index contributed by atoms with van der Waals surface area (Å²) in [6.07, 6.45) is 1.47. The number of halogens is 1. The van der Waals surface area contributed by atoms with E-state index in [-0.39, 0.29) is 11.3 Å². The van der Waals surface area contributed by atoms with Crippen LogP contribution in [-0.4, -0.2) is 10.8 Å². The van der Waals surface area contributed by atoms with Crippen LogP contribution in [0.4, 0.5) is 11.4 Å². The van der Waals surface area contributed by atoms with Crippen molar-refractivity contribution < 1.29 is 9.72 Å². The van der Waals surface area contributed by atoms with Crippen molar-refractivity contribution in [2.75, 3.05) is 5.32 Å². The Balaban J connectivity index is 2.15. The van der Waals surface area contributed by atoms with E-state index in [1.165, 1.54) is 30.3 Å². The molecule has 1 N–H and O–H groups in total. The molecule has 2 aromatic carbocycles. The number of nitrogens with zero attached hydrogens (tertiary/aromatic N) is 2. The third-order valence-corrected chi connectivity index (χ3v) is 3.41. The van der Waals surface area contributed by atoms with Crippen LogP contribution >= 0.6 is 15.9 Å². The van der Waals surface area contributed by atoms with Gasteiger partial charge in [-0.1, -0.05) is 28.1 Å².